The number of aliphatic hydroxyl groups is 2. The van der Waals surface area contributed by atoms with Crippen LogP contribution in [0.4, 0.5) is 0 Å². The number of aliphatic hydroxyl groups excluding tert-OH is 2. The first-order valence-electron chi connectivity index (χ1n) is 4.19. The third kappa shape index (κ3) is 71.6. The van der Waals surface area contributed by atoms with Crippen LogP contribution in [0.1, 0.15) is 6.92 Å². The van der Waals surface area contributed by atoms with Gasteiger partial charge in [-0.05, 0) is 0 Å². The topological polar surface area (TPSA) is 124 Å². The molecule has 0 atom stereocenters. The largest absolute Gasteiger partial charge is 0.481 e. The molecule has 98 valence electrons. The van der Waals surface area contributed by atoms with E-state index in [4.69, 9.17) is 25.2 Å². The van der Waals surface area contributed by atoms with E-state index in [0.29, 0.717) is 13.2 Å². The monoisotopic (exact) mass is 304 g/mol. The van der Waals surface area contributed by atoms with Gasteiger partial charge in [-0.25, -0.2) is 0 Å². The molecule has 4 N–H and O–H groups in total. The number of carboxylic acids is 2. The molecule has 0 rings (SSSR count). The van der Waals surface area contributed by atoms with E-state index >= 15 is 0 Å². The van der Waals surface area contributed by atoms with Crippen molar-refractivity contribution in [3.05, 3.63) is 0 Å². The van der Waals surface area contributed by atoms with Gasteiger partial charge in [-0.3, -0.25) is 9.59 Å². The van der Waals surface area contributed by atoms with Crippen LogP contribution in [0.15, 0.2) is 0 Å². The number of carbonyl (C=O) groups is 2. The fourth-order valence-electron chi connectivity index (χ4n) is 0.231. The molecule has 0 spiro atoms. The number of halogens is 1. The smallest absolute Gasteiger partial charge is 0.314 e. The minimum absolute atomic E-state index is 0.0278. The standard InChI is InChI=1S/C4H10O3.C2H3BrO2.C2H4O2/c5-1-3-7-4-2-6;3-1-2(4)5;1-2(3)4/h5-6H,1-4H2;1H2,(H,4,5);1H3,(H,3,4). The van der Waals surface area contributed by atoms with Crippen molar-refractivity contribution in [2.45, 2.75) is 6.92 Å². The second-order valence-corrected chi connectivity index (χ2v) is 2.67. The van der Waals surface area contributed by atoms with Crippen LogP contribution in [0, 0.1) is 0 Å². The molecule has 0 fully saturated rings. The van der Waals surface area contributed by atoms with Crippen LogP contribution in [-0.2, 0) is 14.3 Å². The predicted octanol–water partition coefficient (Wildman–Crippen LogP) is -0.456. The highest BCUT2D eigenvalue weighted by Crippen LogP contribution is 1.73. The first-order chi connectivity index (χ1) is 7.42. The Hall–Kier alpha value is -0.700. The third-order valence-electron chi connectivity index (χ3n) is 0.586. The molecule has 0 radical (unpaired) electrons. The van der Waals surface area contributed by atoms with Crippen LogP contribution in [-0.4, -0.2) is 64.1 Å². The second-order valence-electron chi connectivity index (χ2n) is 2.11. The van der Waals surface area contributed by atoms with Crippen LogP contribution in [0.25, 0.3) is 0 Å². The SMILES string of the molecule is CC(=O)O.O=C(O)CBr.OCCOCCO. The van der Waals surface area contributed by atoms with Crippen molar-refractivity contribution in [3.8, 4) is 0 Å². The van der Waals surface area contributed by atoms with Gasteiger partial charge in [0, 0.05) is 6.92 Å². The molecule has 0 amide bonds. The van der Waals surface area contributed by atoms with Crippen LogP contribution in [0.3, 0.4) is 0 Å². The molecule has 16 heavy (non-hydrogen) atoms. The summed E-state index contributed by atoms with van der Waals surface area (Å²) in [5.74, 6) is -1.66. The number of hydrogen-bond acceptors (Lipinski definition) is 5. The van der Waals surface area contributed by atoms with Crippen molar-refractivity contribution in [2.75, 3.05) is 31.8 Å². The van der Waals surface area contributed by atoms with Crippen molar-refractivity contribution in [3.63, 3.8) is 0 Å². The molecule has 0 aliphatic carbocycles. The summed E-state index contributed by atoms with van der Waals surface area (Å²) >= 11 is 2.71. The molecule has 0 aromatic heterocycles. The normalized spacial score (nSPS) is 8.00. The zero-order valence-corrected chi connectivity index (χ0v) is 10.5. The maximum absolute atomic E-state index is 9.32. The van der Waals surface area contributed by atoms with E-state index < -0.39 is 11.9 Å². The second kappa shape index (κ2) is 19.8. The van der Waals surface area contributed by atoms with Crippen LogP contribution in [0.2, 0.25) is 0 Å². The quantitative estimate of drug-likeness (QED) is 0.400. The number of carboxylic acid groups (broad SMARTS) is 2. The molecule has 0 bridgehead atoms. The van der Waals surface area contributed by atoms with E-state index in [1.54, 1.807) is 0 Å². The zero-order chi connectivity index (χ0) is 13.4. The number of rotatable bonds is 5. The van der Waals surface area contributed by atoms with Crippen LogP contribution in [0.5, 0.6) is 0 Å². The Balaban J connectivity index is -0.000000166. The van der Waals surface area contributed by atoms with E-state index in [0.717, 1.165) is 6.92 Å². The molecule has 7 nitrogen and oxygen atoms in total. The molecule has 8 heteroatoms. The average molecular weight is 305 g/mol. The molecule has 0 saturated carbocycles. The van der Waals surface area contributed by atoms with Gasteiger partial charge in [0.1, 0.15) is 5.33 Å². The van der Waals surface area contributed by atoms with E-state index in [9.17, 15) is 4.79 Å². The van der Waals surface area contributed by atoms with E-state index in [1.165, 1.54) is 0 Å². The Morgan fingerprint density at radius 3 is 1.50 bits per heavy atom. The van der Waals surface area contributed by atoms with Gasteiger partial charge in [0.25, 0.3) is 5.97 Å². The third-order valence-corrected chi connectivity index (χ3v) is 1.07. The molecule has 0 aliphatic rings. The molecule has 0 aromatic rings. The summed E-state index contributed by atoms with van der Waals surface area (Å²) in [4.78, 5) is 18.3. The Morgan fingerprint density at radius 1 is 1.12 bits per heavy atom. The number of ether oxygens (including phenoxy) is 1. The first-order valence-corrected chi connectivity index (χ1v) is 5.31. The Kier molecular flexibility index (Phi) is 25.6. The average Bonchev–Trinajstić information content (AvgIpc) is 2.19. The van der Waals surface area contributed by atoms with Gasteiger partial charge in [-0.2, -0.15) is 0 Å². The minimum Gasteiger partial charge on any atom is -0.481 e. The van der Waals surface area contributed by atoms with Gasteiger partial charge in [0.15, 0.2) is 0 Å². The molecular weight excluding hydrogens is 288 g/mol. The Bertz CT molecular complexity index is 154. The lowest BCUT2D eigenvalue weighted by Crippen LogP contribution is -2.03. The van der Waals surface area contributed by atoms with E-state index in [-0.39, 0.29) is 18.5 Å². The van der Waals surface area contributed by atoms with Gasteiger partial charge in [-0.15, -0.1) is 0 Å². The highest BCUT2D eigenvalue weighted by Gasteiger charge is 1.83. The van der Waals surface area contributed by atoms with Gasteiger partial charge in [-0.1, -0.05) is 15.9 Å². The fourth-order valence-corrected chi connectivity index (χ4v) is 0.231. The molecular formula is C8H17BrO7. The summed E-state index contributed by atoms with van der Waals surface area (Å²) < 4.78 is 4.63. The summed E-state index contributed by atoms with van der Waals surface area (Å²) in [7, 11) is 0. The first kappa shape index (κ1) is 20.7. The Labute approximate surface area is 102 Å². The molecule has 0 aliphatic heterocycles. The highest BCUT2D eigenvalue weighted by atomic mass is 79.9. The predicted molar refractivity (Wildman–Crippen MR) is 59.7 cm³/mol. The lowest BCUT2D eigenvalue weighted by atomic mass is 10.7. The lowest BCUT2D eigenvalue weighted by molar-refractivity contribution is -0.135. The number of hydrogen-bond donors (Lipinski definition) is 4. The zero-order valence-electron chi connectivity index (χ0n) is 8.93. The summed E-state index contributed by atoms with van der Waals surface area (Å²) in [6, 6.07) is 0. The van der Waals surface area contributed by atoms with Crippen LogP contribution >= 0.6 is 15.9 Å². The number of aliphatic carboxylic acids is 2. The van der Waals surface area contributed by atoms with Gasteiger partial charge in [0.2, 0.25) is 0 Å². The molecule has 0 saturated heterocycles. The summed E-state index contributed by atoms with van der Waals surface area (Å²) in [6.07, 6.45) is 0. The summed E-state index contributed by atoms with van der Waals surface area (Å²) in [6.45, 7) is 1.78. The fraction of sp³-hybridized carbons (Fsp3) is 0.750. The summed E-state index contributed by atoms with van der Waals surface area (Å²) in [5.41, 5.74) is 0. The number of alkyl halides is 1. The Morgan fingerprint density at radius 2 is 1.38 bits per heavy atom. The summed E-state index contributed by atoms with van der Waals surface area (Å²) in [5, 5.41) is 31.3. The van der Waals surface area contributed by atoms with Gasteiger partial charge < -0.3 is 25.2 Å². The van der Waals surface area contributed by atoms with E-state index in [2.05, 4.69) is 20.7 Å². The van der Waals surface area contributed by atoms with Gasteiger partial charge in [0.05, 0.1) is 26.4 Å². The van der Waals surface area contributed by atoms with Crippen LogP contribution < -0.4 is 0 Å². The molecule has 0 heterocycles. The molecule has 0 unspecified atom stereocenters. The molecule has 0 aromatic carbocycles. The lowest BCUT2D eigenvalue weighted by Gasteiger charge is -1.94. The maximum atomic E-state index is 9.32. The maximum Gasteiger partial charge on any atom is 0.314 e. The van der Waals surface area contributed by atoms with Gasteiger partial charge >= 0.3 is 5.97 Å². The van der Waals surface area contributed by atoms with E-state index in [1.807, 2.05) is 0 Å². The van der Waals surface area contributed by atoms with Crippen molar-refractivity contribution in [1.82, 2.24) is 0 Å². The van der Waals surface area contributed by atoms with Crippen molar-refractivity contribution in [1.29, 1.82) is 0 Å². The van der Waals surface area contributed by atoms with Crippen molar-refractivity contribution in [2.24, 2.45) is 0 Å². The minimum atomic E-state index is -0.833. The highest BCUT2D eigenvalue weighted by molar-refractivity contribution is 9.09. The van der Waals surface area contributed by atoms with Crippen molar-refractivity contribution < 1.29 is 34.8 Å². The van der Waals surface area contributed by atoms with Crippen molar-refractivity contribution >= 4 is 27.9 Å².